The average molecular weight is 354 g/mol. The molecule has 2 rings (SSSR count). The van der Waals surface area contributed by atoms with Crippen molar-refractivity contribution in [2.24, 2.45) is 5.92 Å². The lowest BCUT2D eigenvalue weighted by Crippen LogP contribution is -2.45. The molecule has 0 spiro atoms. The number of rotatable bonds is 8. The summed E-state index contributed by atoms with van der Waals surface area (Å²) in [5.41, 5.74) is 1.03. The number of ether oxygens (including phenoxy) is 1. The van der Waals surface area contributed by atoms with Crippen molar-refractivity contribution < 1.29 is 19.4 Å². The van der Waals surface area contributed by atoms with Gasteiger partial charge >= 0.3 is 5.97 Å². The monoisotopic (exact) mass is 353 g/mol. The molecule has 1 unspecified atom stereocenters. The molecule has 1 saturated heterocycles. The van der Waals surface area contributed by atoms with Crippen LogP contribution in [0, 0.1) is 5.92 Å². The average Bonchev–Trinajstić information content (AvgIpc) is 2.55. The zero-order valence-corrected chi connectivity index (χ0v) is 14.7. The van der Waals surface area contributed by atoms with Gasteiger partial charge in [0.2, 0.25) is 5.91 Å². The van der Waals surface area contributed by atoms with Gasteiger partial charge in [-0.1, -0.05) is 30.7 Å². The number of aliphatic carboxylic acids is 1. The van der Waals surface area contributed by atoms with Crippen molar-refractivity contribution in [3.8, 4) is 0 Å². The van der Waals surface area contributed by atoms with Crippen LogP contribution in [0.15, 0.2) is 24.3 Å². The normalized spacial score (nSPS) is 21.1. The number of carbonyl (C=O) groups is 2. The quantitative estimate of drug-likeness (QED) is 0.726. The molecule has 5 nitrogen and oxygen atoms in total. The zero-order chi connectivity index (χ0) is 17.5. The highest BCUT2D eigenvalue weighted by Gasteiger charge is 2.36. The maximum atomic E-state index is 12.8. The highest BCUT2D eigenvalue weighted by atomic mass is 35.5. The van der Waals surface area contributed by atoms with Gasteiger partial charge in [0.25, 0.3) is 0 Å². The second-order valence-electron chi connectivity index (χ2n) is 6.08. The Morgan fingerprint density at radius 3 is 2.62 bits per heavy atom. The van der Waals surface area contributed by atoms with E-state index in [1.54, 1.807) is 4.90 Å². The van der Waals surface area contributed by atoms with E-state index < -0.39 is 11.9 Å². The minimum absolute atomic E-state index is 0.0509. The first-order valence-electron chi connectivity index (χ1n) is 8.38. The largest absolute Gasteiger partial charge is 0.481 e. The van der Waals surface area contributed by atoms with Gasteiger partial charge in [-0.25, -0.2) is 0 Å². The fourth-order valence-electron chi connectivity index (χ4n) is 3.13. The van der Waals surface area contributed by atoms with Crippen molar-refractivity contribution in [1.29, 1.82) is 0 Å². The molecule has 1 N–H and O–H groups in total. The zero-order valence-electron chi connectivity index (χ0n) is 13.9. The fraction of sp³-hybridized carbons (Fsp3) is 0.556. The molecule has 1 aliphatic heterocycles. The summed E-state index contributed by atoms with van der Waals surface area (Å²) in [4.78, 5) is 25.5. The molecule has 2 atom stereocenters. The second-order valence-corrected chi connectivity index (χ2v) is 6.52. The molecule has 1 heterocycles. The highest BCUT2D eigenvalue weighted by Crippen LogP contribution is 2.35. The Bertz CT molecular complexity index is 561. The number of halogens is 1. The van der Waals surface area contributed by atoms with E-state index >= 15 is 0 Å². The molecule has 24 heavy (non-hydrogen) atoms. The van der Waals surface area contributed by atoms with Crippen LogP contribution in [0.4, 0.5) is 0 Å². The van der Waals surface area contributed by atoms with E-state index in [4.69, 9.17) is 21.4 Å². The van der Waals surface area contributed by atoms with Gasteiger partial charge < -0.3 is 14.7 Å². The van der Waals surface area contributed by atoms with E-state index in [9.17, 15) is 9.59 Å². The van der Waals surface area contributed by atoms with Gasteiger partial charge in [0.15, 0.2) is 0 Å². The van der Waals surface area contributed by atoms with Crippen LogP contribution >= 0.6 is 11.6 Å². The van der Waals surface area contributed by atoms with E-state index in [1.807, 2.05) is 31.2 Å². The summed E-state index contributed by atoms with van der Waals surface area (Å²) >= 11 is 5.95. The van der Waals surface area contributed by atoms with Gasteiger partial charge in [-0.3, -0.25) is 9.59 Å². The number of nitrogens with zero attached hydrogens (tertiary/aromatic N) is 1. The number of hydrogen-bond acceptors (Lipinski definition) is 3. The molecule has 0 saturated carbocycles. The molecule has 1 aromatic rings. The molecule has 0 bridgehead atoms. The van der Waals surface area contributed by atoms with Crippen LogP contribution in [0.5, 0.6) is 0 Å². The van der Waals surface area contributed by atoms with Crippen LogP contribution in [0.3, 0.4) is 0 Å². The Labute approximate surface area is 147 Å². The number of benzene rings is 1. The Kier molecular flexibility index (Phi) is 7.06. The summed E-state index contributed by atoms with van der Waals surface area (Å²) in [5.74, 6) is -1.47. The standard InChI is InChI=1S/C18H24ClNO4/c1-2-10-24-11-9-20-16(13-3-6-15(19)7-4-13)8-5-14(18(20)23)12-17(21)22/h3-4,6-7,14,16H,2,5,8-12H2,1H3,(H,21,22)/t14-,16?/m1/s1. The van der Waals surface area contributed by atoms with Crippen LogP contribution in [0.2, 0.25) is 5.02 Å². The van der Waals surface area contributed by atoms with E-state index in [0.29, 0.717) is 31.2 Å². The van der Waals surface area contributed by atoms with E-state index in [2.05, 4.69) is 0 Å². The predicted octanol–water partition coefficient (Wildman–Crippen LogP) is 3.52. The molecular weight excluding hydrogens is 330 g/mol. The summed E-state index contributed by atoms with van der Waals surface area (Å²) in [6.07, 6.45) is 2.15. The van der Waals surface area contributed by atoms with Crippen LogP contribution in [-0.4, -0.2) is 41.6 Å². The van der Waals surface area contributed by atoms with Crippen molar-refractivity contribution in [2.75, 3.05) is 19.8 Å². The molecule has 1 aromatic carbocycles. The van der Waals surface area contributed by atoms with E-state index in [-0.39, 0.29) is 18.4 Å². The Morgan fingerprint density at radius 2 is 2.00 bits per heavy atom. The summed E-state index contributed by atoms with van der Waals surface area (Å²) < 4.78 is 5.52. The Hall–Kier alpha value is -1.59. The number of likely N-dealkylation sites (tertiary alicyclic amines) is 1. The third kappa shape index (κ3) is 4.95. The lowest BCUT2D eigenvalue weighted by molar-refractivity contribution is -0.149. The van der Waals surface area contributed by atoms with E-state index in [0.717, 1.165) is 18.4 Å². The van der Waals surface area contributed by atoms with Crippen molar-refractivity contribution >= 4 is 23.5 Å². The smallest absolute Gasteiger partial charge is 0.304 e. The first-order valence-corrected chi connectivity index (χ1v) is 8.76. The number of carbonyl (C=O) groups excluding carboxylic acids is 1. The van der Waals surface area contributed by atoms with Crippen LogP contribution < -0.4 is 0 Å². The topological polar surface area (TPSA) is 66.8 Å². The molecule has 0 aliphatic carbocycles. The number of amides is 1. The van der Waals surface area contributed by atoms with Gasteiger partial charge in [0.1, 0.15) is 0 Å². The second kappa shape index (κ2) is 9.04. The summed E-state index contributed by atoms with van der Waals surface area (Å²) in [5, 5.41) is 9.67. The molecule has 1 aliphatic rings. The van der Waals surface area contributed by atoms with Gasteiger partial charge in [-0.2, -0.15) is 0 Å². The van der Waals surface area contributed by atoms with Crippen molar-refractivity contribution in [3.05, 3.63) is 34.9 Å². The summed E-state index contributed by atoms with van der Waals surface area (Å²) in [6, 6.07) is 7.44. The molecule has 6 heteroatoms. The van der Waals surface area contributed by atoms with Gasteiger partial charge in [0.05, 0.1) is 19.1 Å². The molecular formula is C18H24ClNO4. The SMILES string of the molecule is CCCOCCN1C(=O)[C@@H](CC(=O)O)CCC1c1ccc(Cl)cc1. The highest BCUT2D eigenvalue weighted by molar-refractivity contribution is 6.30. The lowest BCUT2D eigenvalue weighted by atomic mass is 9.86. The third-order valence-corrected chi connectivity index (χ3v) is 4.55. The molecule has 1 amide bonds. The first-order chi connectivity index (χ1) is 11.5. The molecule has 132 valence electrons. The number of carboxylic acids is 1. The molecule has 0 aromatic heterocycles. The van der Waals surface area contributed by atoms with Crippen LogP contribution in [-0.2, 0) is 14.3 Å². The summed E-state index contributed by atoms with van der Waals surface area (Å²) in [7, 11) is 0. The third-order valence-electron chi connectivity index (χ3n) is 4.30. The fourth-order valence-corrected chi connectivity index (χ4v) is 3.26. The van der Waals surface area contributed by atoms with Crippen molar-refractivity contribution in [3.63, 3.8) is 0 Å². The van der Waals surface area contributed by atoms with E-state index in [1.165, 1.54) is 0 Å². The Balaban J connectivity index is 2.13. The lowest BCUT2D eigenvalue weighted by Gasteiger charge is -2.39. The first kappa shape index (κ1) is 18.7. The van der Waals surface area contributed by atoms with Crippen LogP contribution in [0.1, 0.15) is 44.2 Å². The number of carboxylic acid groups (broad SMARTS) is 1. The maximum absolute atomic E-state index is 12.8. The van der Waals surface area contributed by atoms with Gasteiger partial charge in [0, 0.05) is 24.1 Å². The minimum atomic E-state index is -0.930. The molecule has 1 fully saturated rings. The summed E-state index contributed by atoms with van der Waals surface area (Å²) in [6.45, 7) is 3.63. The number of hydrogen-bond donors (Lipinski definition) is 1. The number of piperidine rings is 1. The van der Waals surface area contributed by atoms with Crippen molar-refractivity contribution in [1.82, 2.24) is 4.90 Å². The van der Waals surface area contributed by atoms with Crippen molar-refractivity contribution in [2.45, 2.75) is 38.6 Å². The maximum Gasteiger partial charge on any atom is 0.304 e. The minimum Gasteiger partial charge on any atom is -0.481 e. The van der Waals surface area contributed by atoms with Crippen LogP contribution in [0.25, 0.3) is 0 Å². The predicted molar refractivity (Wildman–Crippen MR) is 92.0 cm³/mol. The molecule has 0 radical (unpaired) electrons. The van der Waals surface area contributed by atoms with Gasteiger partial charge in [-0.15, -0.1) is 0 Å². The van der Waals surface area contributed by atoms with Gasteiger partial charge in [-0.05, 0) is 37.0 Å². The Morgan fingerprint density at radius 1 is 1.29 bits per heavy atom.